The van der Waals surface area contributed by atoms with E-state index in [4.69, 9.17) is 13.9 Å². The molecule has 36 heavy (non-hydrogen) atoms. The number of ether oxygens (including phenoxy) is 2. The third-order valence-electron chi connectivity index (χ3n) is 5.67. The van der Waals surface area contributed by atoms with E-state index < -0.39 is 17.9 Å². The molecule has 0 radical (unpaired) electrons. The predicted molar refractivity (Wildman–Crippen MR) is 125 cm³/mol. The molecule has 1 aliphatic heterocycles. The van der Waals surface area contributed by atoms with Crippen molar-refractivity contribution in [3.63, 3.8) is 0 Å². The van der Waals surface area contributed by atoms with Gasteiger partial charge in [-0.25, -0.2) is 18.6 Å². The van der Waals surface area contributed by atoms with Crippen LogP contribution in [0.4, 0.5) is 14.7 Å². The third kappa shape index (κ3) is 4.11. The number of alkyl halides is 2. The zero-order valence-corrected chi connectivity index (χ0v) is 18.7. The van der Waals surface area contributed by atoms with Crippen LogP contribution in [0.1, 0.15) is 12.2 Å². The molecule has 0 N–H and O–H groups in total. The van der Waals surface area contributed by atoms with Gasteiger partial charge in [0.15, 0.2) is 5.82 Å². The van der Waals surface area contributed by atoms with Crippen molar-refractivity contribution in [2.45, 2.75) is 6.43 Å². The first-order chi connectivity index (χ1) is 17.5. The summed E-state index contributed by atoms with van der Waals surface area (Å²) in [7, 11) is 0. The van der Waals surface area contributed by atoms with Gasteiger partial charge in [0.2, 0.25) is 11.9 Å². The smallest absolute Gasteiger partial charge is 0.336 e. The standard InChI is InChI=1S/C24H18F2N6O4/c25-20(26)21-27-16-3-1-2-4-17(16)32(21)23-28-22(31-9-11-34-12-10-31)29-24(30-23)35-15-7-5-14-6-8-19(33)36-18(14)13-15/h1-8,13,20H,9-12H2. The van der Waals surface area contributed by atoms with Crippen LogP contribution in [0.3, 0.4) is 0 Å². The van der Waals surface area contributed by atoms with E-state index in [0.717, 1.165) is 0 Å². The second-order valence-electron chi connectivity index (χ2n) is 7.97. The van der Waals surface area contributed by atoms with Gasteiger partial charge in [-0.2, -0.15) is 15.0 Å². The molecule has 1 aliphatic rings. The average Bonchev–Trinajstić information content (AvgIpc) is 3.29. The molecule has 0 bridgehead atoms. The highest BCUT2D eigenvalue weighted by molar-refractivity contribution is 5.78. The number of aromatic nitrogens is 5. The van der Waals surface area contributed by atoms with Gasteiger partial charge in [-0.1, -0.05) is 12.1 Å². The van der Waals surface area contributed by atoms with Crippen molar-refractivity contribution in [3.05, 3.63) is 70.8 Å². The molecule has 182 valence electrons. The summed E-state index contributed by atoms with van der Waals surface area (Å²) >= 11 is 0. The number of anilines is 1. The van der Waals surface area contributed by atoms with Crippen molar-refractivity contribution in [3.8, 4) is 17.7 Å². The molecule has 0 spiro atoms. The monoisotopic (exact) mass is 492 g/mol. The molecular weight excluding hydrogens is 474 g/mol. The van der Waals surface area contributed by atoms with E-state index >= 15 is 0 Å². The molecule has 3 aromatic heterocycles. The summed E-state index contributed by atoms with van der Waals surface area (Å²) in [4.78, 5) is 30.8. The van der Waals surface area contributed by atoms with E-state index in [0.29, 0.717) is 54.1 Å². The molecule has 12 heteroatoms. The summed E-state index contributed by atoms with van der Waals surface area (Å²) in [6.07, 6.45) is -2.87. The van der Waals surface area contributed by atoms with E-state index in [-0.39, 0.29) is 17.9 Å². The molecule has 2 aromatic carbocycles. The maximum absolute atomic E-state index is 14.0. The molecule has 0 aliphatic carbocycles. The Morgan fingerprint density at radius 2 is 1.69 bits per heavy atom. The molecule has 10 nitrogen and oxygen atoms in total. The maximum Gasteiger partial charge on any atom is 0.336 e. The van der Waals surface area contributed by atoms with Gasteiger partial charge in [0.25, 0.3) is 6.43 Å². The molecular formula is C24H18F2N6O4. The van der Waals surface area contributed by atoms with Gasteiger partial charge < -0.3 is 18.8 Å². The van der Waals surface area contributed by atoms with Crippen LogP contribution in [-0.2, 0) is 4.74 Å². The fourth-order valence-electron chi connectivity index (χ4n) is 4.00. The van der Waals surface area contributed by atoms with E-state index in [1.54, 1.807) is 42.5 Å². The highest BCUT2D eigenvalue weighted by Crippen LogP contribution is 2.29. The Balaban J connectivity index is 1.49. The topological polar surface area (TPSA) is 108 Å². The van der Waals surface area contributed by atoms with Crippen molar-refractivity contribution >= 4 is 28.0 Å². The third-order valence-corrected chi connectivity index (χ3v) is 5.67. The number of halogens is 2. The van der Waals surface area contributed by atoms with Gasteiger partial charge in [-0.3, -0.25) is 4.57 Å². The lowest BCUT2D eigenvalue weighted by Crippen LogP contribution is -2.37. The van der Waals surface area contributed by atoms with Gasteiger partial charge in [0, 0.05) is 30.6 Å². The van der Waals surface area contributed by atoms with Crippen LogP contribution in [0.15, 0.2) is 63.8 Å². The van der Waals surface area contributed by atoms with Gasteiger partial charge in [-0.15, -0.1) is 0 Å². The minimum Gasteiger partial charge on any atom is -0.424 e. The fourth-order valence-corrected chi connectivity index (χ4v) is 4.00. The number of hydrogen-bond donors (Lipinski definition) is 0. The Labute approximate surface area is 201 Å². The van der Waals surface area contributed by atoms with Crippen molar-refractivity contribution in [1.82, 2.24) is 24.5 Å². The lowest BCUT2D eigenvalue weighted by molar-refractivity contribution is 0.122. The molecule has 0 saturated carbocycles. The first-order valence-corrected chi connectivity index (χ1v) is 11.1. The fraction of sp³-hybridized carbons (Fsp3) is 0.208. The Bertz CT molecular complexity index is 1630. The summed E-state index contributed by atoms with van der Waals surface area (Å²) in [6, 6.07) is 14.5. The van der Waals surface area contributed by atoms with E-state index in [1.165, 1.54) is 16.7 Å². The summed E-state index contributed by atoms with van der Waals surface area (Å²) in [6.45, 7) is 1.96. The number of nitrogens with zero attached hydrogens (tertiary/aromatic N) is 6. The van der Waals surface area contributed by atoms with Crippen molar-refractivity contribution in [2.24, 2.45) is 0 Å². The summed E-state index contributed by atoms with van der Waals surface area (Å²) in [5.74, 6) is 0.00156. The van der Waals surface area contributed by atoms with Crippen molar-refractivity contribution in [2.75, 3.05) is 31.2 Å². The second kappa shape index (κ2) is 8.96. The molecule has 0 amide bonds. The number of morpholine rings is 1. The van der Waals surface area contributed by atoms with Crippen LogP contribution in [0, 0.1) is 0 Å². The van der Waals surface area contributed by atoms with E-state index in [2.05, 4.69) is 19.9 Å². The minimum atomic E-state index is -2.87. The molecule has 1 saturated heterocycles. The SMILES string of the molecule is O=c1ccc2ccc(Oc3nc(N4CCOCC4)nc(-n4c(C(F)F)nc5ccccc54)n3)cc2o1. The molecule has 5 aromatic rings. The number of rotatable bonds is 5. The summed E-state index contributed by atoms with van der Waals surface area (Å²) in [5.41, 5.74) is 0.630. The Hall–Kier alpha value is -4.45. The second-order valence-corrected chi connectivity index (χ2v) is 7.97. The Morgan fingerprint density at radius 3 is 2.53 bits per heavy atom. The largest absolute Gasteiger partial charge is 0.424 e. The molecule has 0 unspecified atom stereocenters. The van der Waals surface area contributed by atoms with Gasteiger partial charge in [0.1, 0.15) is 11.3 Å². The van der Waals surface area contributed by atoms with Crippen LogP contribution in [-0.4, -0.2) is 50.8 Å². The molecule has 6 rings (SSSR count). The van der Waals surface area contributed by atoms with E-state index in [1.807, 2.05) is 4.90 Å². The average molecular weight is 492 g/mol. The first-order valence-electron chi connectivity index (χ1n) is 11.1. The lowest BCUT2D eigenvalue weighted by Gasteiger charge is -2.27. The lowest BCUT2D eigenvalue weighted by atomic mass is 10.2. The quantitative estimate of drug-likeness (QED) is 0.338. The molecule has 1 fully saturated rings. The van der Waals surface area contributed by atoms with Gasteiger partial charge >= 0.3 is 11.6 Å². The molecule has 4 heterocycles. The van der Waals surface area contributed by atoms with Crippen molar-refractivity contribution < 1.29 is 22.7 Å². The first kappa shape index (κ1) is 22.0. The normalized spacial score (nSPS) is 14.1. The summed E-state index contributed by atoms with van der Waals surface area (Å²) < 4.78 is 45.7. The van der Waals surface area contributed by atoms with Crippen LogP contribution in [0.25, 0.3) is 28.0 Å². The highest BCUT2D eigenvalue weighted by atomic mass is 19.3. The number of imidazole rings is 1. The van der Waals surface area contributed by atoms with Crippen LogP contribution >= 0.6 is 0 Å². The number of fused-ring (bicyclic) bond motifs is 2. The Morgan fingerprint density at radius 1 is 0.917 bits per heavy atom. The zero-order valence-electron chi connectivity index (χ0n) is 18.7. The zero-order chi connectivity index (χ0) is 24.6. The molecule has 0 atom stereocenters. The maximum atomic E-state index is 14.0. The Kier molecular flexibility index (Phi) is 5.49. The van der Waals surface area contributed by atoms with Gasteiger partial charge in [0.05, 0.1) is 24.2 Å². The van der Waals surface area contributed by atoms with Crippen molar-refractivity contribution in [1.29, 1.82) is 0 Å². The number of hydrogen-bond acceptors (Lipinski definition) is 9. The summed E-state index contributed by atoms with van der Waals surface area (Å²) in [5, 5.41) is 0.707. The van der Waals surface area contributed by atoms with E-state index in [9.17, 15) is 13.6 Å². The van der Waals surface area contributed by atoms with Crippen LogP contribution in [0.5, 0.6) is 11.8 Å². The predicted octanol–water partition coefficient (Wildman–Crippen LogP) is 3.88. The van der Waals surface area contributed by atoms with Crippen LogP contribution in [0.2, 0.25) is 0 Å². The highest BCUT2D eigenvalue weighted by Gasteiger charge is 2.25. The minimum absolute atomic E-state index is 0.0576. The number of para-hydroxylation sites is 2. The van der Waals surface area contributed by atoms with Gasteiger partial charge in [-0.05, 0) is 30.3 Å². The number of benzene rings is 2. The van der Waals surface area contributed by atoms with Crippen LogP contribution < -0.4 is 15.3 Å².